The molecule has 2 aromatic carbocycles. The van der Waals surface area contributed by atoms with Gasteiger partial charge in [-0.2, -0.15) is 0 Å². The lowest BCUT2D eigenvalue weighted by Gasteiger charge is -2.20. The highest BCUT2D eigenvalue weighted by Gasteiger charge is 2.36. The van der Waals surface area contributed by atoms with Crippen molar-refractivity contribution in [3.05, 3.63) is 64.1 Å². The minimum Gasteiger partial charge on any atom is -0.357 e. The molecular formula is C20H18BrF2N3O3. The van der Waals surface area contributed by atoms with E-state index in [0.717, 1.165) is 16.6 Å². The fourth-order valence-electron chi connectivity index (χ4n) is 3.15. The van der Waals surface area contributed by atoms with Crippen molar-refractivity contribution in [2.24, 2.45) is 5.92 Å². The van der Waals surface area contributed by atoms with Gasteiger partial charge in [-0.3, -0.25) is 14.4 Å². The molecule has 0 bridgehead atoms. The number of anilines is 1. The van der Waals surface area contributed by atoms with Crippen molar-refractivity contribution < 1.29 is 23.2 Å². The van der Waals surface area contributed by atoms with Crippen molar-refractivity contribution in [2.45, 2.75) is 12.5 Å². The summed E-state index contributed by atoms with van der Waals surface area (Å²) in [4.78, 5) is 38.8. The summed E-state index contributed by atoms with van der Waals surface area (Å²) in [5.41, 5.74) is 0.766. The van der Waals surface area contributed by atoms with E-state index in [1.54, 1.807) is 24.3 Å². The van der Waals surface area contributed by atoms with Crippen molar-refractivity contribution in [3.8, 4) is 0 Å². The average Bonchev–Trinajstić information content (AvgIpc) is 3.10. The van der Waals surface area contributed by atoms with E-state index in [1.165, 1.54) is 18.0 Å². The topological polar surface area (TPSA) is 78.5 Å². The summed E-state index contributed by atoms with van der Waals surface area (Å²) < 4.78 is 27.7. The highest BCUT2D eigenvalue weighted by molar-refractivity contribution is 9.10. The van der Waals surface area contributed by atoms with Crippen molar-refractivity contribution in [2.75, 3.05) is 18.5 Å². The maximum Gasteiger partial charge on any atom is 0.246 e. The number of likely N-dealkylation sites (N-methyl/N-ethyl adjacent to an activating group) is 1. The van der Waals surface area contributed by atoms with E-state index in [9.17, 15) is 23.2 Å². The molecule has 0 spiro atoms. The van der Waals surface area contributed by atoms with Gasteiger partial charge in [0.15, 0.2) is 11.6 Å². The van der Waals surface area contributed by atoms with Crippen LogP contribution >= 0.6 is 15.9 Å². The lowest BCUT2D eigenvalue weighted by atomic mass is 10.0. The second-order valence-electron chi connectivity index (χ2n) is 6.61. The van der Waals surface area contributed by atoms with Gasteiger partial charge in [-0.15, -0.1) is 0 Å². The van der Waals surface area contributed by atoms with Crippen molar-refractivity contribution in [3.63, 3.8) is 0 Å². The normalized spacial score (nSPS) is 17.2. The molecule has 2 aromatic rings. The SMILES string of the molecule is CNC(=O)C(NC(=O)C1CC(=O)N(c2ccc(Br)cc2)C1)c1ccc(F)c(F)c1. The second kappa shape index (κ2) is 8.69. The summed E-state index contributed by atoms with van der Waals surface area (Å²) in [7, 11) is 1.37. The van der Waals surface area contributed by atoms with Crippen LogP contribution in [0.3, 0.4) is 0 Å². The van der Waals surface area contributed by atoms with Gasteiger partial charge in [0.2, 0.25) is 17.7 Å². The summed E-state index contributed by atoms with van der Waals surface area (Å²) in [5, 5.41) is 4.94. The number of carbonyl (C=O) groups is 3. The molecular weight excluding hydrogens is 448 g/mol. The Morgan fingerprint density at radius 1 is 1.14 bits per heavy atom. The molecule has 2 N–H and O–H groups in total. The van der Waals surface area contributed by atoms with E-state index in [4.69, 9.17) is 0 Å². The summed E-state index contributed by atoms with van der Waals surface area (Å²) in [6.07, 6.45) is -0.0137. The number of hydrogen-bond donors (Lipinski definition) is 2. The van der Waals surface area contributed by atoms with E-state index in [1.807, 2.05) is 0 Å². The zero-order valence-electron chi connectivity index (χ0n) is 15.4. The highest BCUT2D eigenvalue weighted by Crippen LogP contribution is 2.27. The standard InChI is InChI=1S/C20H18BrF2N3O3/c1-24-20(29)18(11-2-7-15(22)16(23)8-11)25-19(28)12-9-17(27)26(10-12)14-5-3-13(21)4-6-14/h2-8,12,18H,9-10H2,1H3,(H,24,29)(H,25,28). The molecule has 1 aliphatic heterocycles. The Bertz CT molecular complexity index is 952. The van der Waals surface area contributed by atoms with Gasteiger partial charge in [-0.1, -0.05) is 22.0 Å². The Hall–Kier alpha value is -2.81. The van der Waals surface area contributed by atoms with E-state index in [0.29, 0.717) is 5.69 Å². The molecule has 3 rings (SSSR count). The minimum atomic E-state index is -1.21. The number of amides is 3. The molecule has 1 fully saturated rings. The number of carbonyl (C=O) groups excluding carboxylic acids is 3. The van der Waals surface area contributed by atoms with Crippen LogP contribution in [-0.4, -0.2) is 31.3 Å². The zero-order valence-corrected chi connectivity index (χ0v) is 17.0. The van der Waals surface area contributed by atoms with Crippen LogP contribution in [0.5, 0.6) is 0 Å². The van der Waals surface area contributed by atoms with Crippen molar-refractivity contribution >= 4 is 39.3 Å². The first-order chi connectivity index (χ1) is 13.8. The first kappa shape index (κ1) is 20.9. The zero-order chi connectivity index (χ0) is 21.1. The maximum atomic E-state index is 13.6. The molecule has 1 aliphatic rings. The Morgan fingerprint density at radius 2 is 1.83 bits per heavy atom. The van der Waals surface area contributed by atoms with E-state index >= 15 is 0 Å². The molecule has 1 heterocycles. The molecule has 0 aliphatic carbocycles. The van der Waals surface area contributed by atoms with Crippen LogP contribution in [0, 0.1) is 17.6 Å². The molecule has 0 radical (unpaired) electrons. The van der Waals surface area contributed by atoms with Crippen LogP contribution in [0.25, 0.3) is 0 Å². The van der Waals surface area contributed by atoms with E-state index < -0.39 is 35.4 Å². The smallest absolute Gasteiger partial charge is 0.246 e. The number of nitrogens with one attached hydrogen (secondary N) is 2. The van der Waals surface area contributed by atoms with Gasteiger partial charge >= 0.3 is 0 Å². The Morgan fingerprint density at radius 3 is 2.45 bits per heavy atom. The summed E-state index contributed by atoms with van der Waals surface area (Å²) in [6, 6.07) is 8.88. The molecule has 0 saturated carbocycles. The van der Waals surface area contributed by atoms with Crippen molar-refractivity contribution in [1.82, 2.24) is 10.6 Å². The van der Waals surface area contributed by atoms with Gasteiger partial charge < -0.3 is 15.5 Å². The van der Waals surface area contributed by atoms with Gasteiger partial charge in [0.25, 0.3) is 0 Å². The molecule has 152 valence electrons. The first-order valence-electron chi connectivity index (χ1n) is 8.83. The van der Waals surface area contributed by atoms with Crippen LogP contribution < -0.4 is 15.5 Å². The van der Waals surface area contributed by atoms with Gasteiger partial charge in [0, 0.05) is 30.2 Å². The molecule has 29 heavy (non-hydrogen) atoms. The molecule has 2 unspecified atom stereocenters. The predicted molar refractivity (Wildman–Crippen MR) is 106 cm³/mol. The van der Waals surface area contributed by atoms with Crippen LogP contribution in [0.2, 0.25) is 0 Å². The number of nitrogens with zero attached hydrogens (tertiary/aromatic N) is 1. The van der Waals surface area contributed by atoms with E-state index in [2.05, 4.69) is 26.6 Å². The Balaban J connectivity index is 1.76. The maximum absolute atomic E-state index is 13.6. The Kier molecular flexibility index (Phi) is 6.26. The monoisotopic (exact) mass is 465 g/mol. The van der Waals surface area contributed by atoms with E-state index in [-0.39, 0.29) is 24.4 Å². The fourth-order valence-corrected chi connectivity index (χ4v) is 3.41. The molecule has 9 heteroatoms. The van der Waals surface area contributed by atoms with Gasteiger partial charge in [-0.25, -0.2) is 8.78 Å². The summed E-state index contributed by atoms with van der Waals surface area (Å²) >= 11 is 3.33. The first-order valence-corrected chi connectivity index (χ1v) is 9.62. The third-order valence-electron chi connectivity index (χ3n) is 4.71. The van der Waals surface area contributed by atoms with Crippen LogP contribution in [0.1, 0.15) is 18.0 Å². The minimum absolute atomic E-state index is 0.0137. The summed E-state index contributed by atoms with van der Waals surface area (Å²) in [5.74, 6) is -4.17. The number of rotatable bonds is 5. The number of halogens is 3. The molecule has 0 aromatic heterocycles. The van der Waals surface area contributed by atoms with Gasteiger partial charge in [-0.05, 0) is 42.0 Å². The van der Waals surface area contributed by atoms with Crippen molar-refractivity contribution in [1.29, 1.82) is 0 Å². The lowest BCUT2D eigenvalue weighted by molar-refractivity contribution is -0.131. The van der Waals surface area contributed by atoms with Gasteiger partial charge in [0.1, 0.15) is 6.04 Å². The molecule has 1 saturated heterocycles. The Labute approximate surface area is 174 Å². The fraction of sp³-hybridized carbons (Fsp3) is 0.250. The second-order valence-corrected chi connectivity index (χ2v) is 7.53. The van der Waals surface area contributed by atoms with Crippen LogP contribution in [-0.2, 0) is 14.4 Å². The van der Waals surface area contributed by atoms with Crippen LogP contribution in [0.4, 0.5) is 14.5 Å². The summed E-state index contributed by atoms with van der Waals surface area (Å²) in [6.45, 7) is 0.157. The van der Waals surface area contributed by atoms with Gasteiger partial charge in [0.05, 0.1) is 5.92 Å². The lowest BCUT2D eigenvalue weighted by Crippen LogP contribution is -2.42. The third kappa shape index (κ3) is 4.61. The number of hydrogen-bond acceptors (Lipinski definition) is 3. The predicted octanol–water partition coefficient (Wildman–Crippen LogP) is 2.68. The molecule has 3 amide bonds. The molecule has 2 atom stereocenters. The highest BCUT2D eigenvalue weighted by atomic mass is 79.9. The average molecular weight is 466 g/mol. The molecule has 6 nitrogen and oxygen atoms in total. The third-order valence-corrected chi connectivity index (χ3v) is 5.23. The number of benzene rings is 2. The van der Waals surface area contributed by atoms with Crippen LogP contribution in [0.15, 0.2) is 46.9 Å². The largest absolute Gasteiger partial charge is 0.357 e. The quantitative estimate of drug-likeness (QED) is 0.712.